The van der Waals surface area contributed by atoms with Crippen LogP contribution in [0, 0.1) is 4.78 Å². The highest BCUT2D eigenvalue weighted by Gasteiger charge is 0.502. The Kier molecular flexibility index (Phi) is 287. The molecule has 1 nitrogen and oxygen atoms in total. The van der Waals surface area contributed by atoms with E-state index in [0.29, 0.717) is 0 Å². The molecule has 1 N–H and O–H groups in total. The molecule has 0 aromatic heterocycles. The summed E-state index contributed by atoms with van der Waals surface area (Å²) in [5.41, 5.74) is 0. The van der Waals surface area contributed by atoms with Gasteiger partial charge in [-0.2, -0.15) is 0 Å². The van der Waals surface area contributed by atoms with Gasteiger partial charge in [-0.05, 0) is 0 Å². The molecule has 30 valence electrons. The lowest BCUT2D eigenvalue weighted by Gasteiger charge is -0.921. The van der Waals surface area contributed by atoms with Crippen LogP contribution in [0.5, 0.6) is 0 Å². The fourth-order valence-corrected chi connectivity index (χ4v) is 0. The Morgan fingerprint density at radius 1 is 1.00 bits per heavy atom. The summed E-state index contributed by atoms with van der Waals surface area (Å²) >= 11 is 2.22. The van der Waals surface area contributed by atoms with Crippen molar-refractivity contribution in [2.24, 2.45) is 0 Å². The monoisotopic (exact) mass is 121 g/mol. The molecule has 0 aromatic rings. The first-order valence-electron chi connectivity index (χ1n) is 0.250. The van der Waals surface area contributed by atoms with E-state index in [2.05, 4.69) is 12.4 Å². The molecule has 0 atom stereocenters. The van der Waals surface area contributed by atoms with Gasteiger partial charge in [-0.15, -0.1) is 37.2 Å². The Hall–Kier alpha value is 0.730. The van der Waals surface area contributed by atoms with Crippen molar-refractivity contribution in [2.45, 2.75) is 0 Å². The van der Waals surface area contributed by atoms with Crippen LogP contribution in [0.4, 0.5) is 0 Å². The van der Waals surface area contributed by atoms with Crippen molar-refractivity contribution in [3.05, 3.63) is 0 Å². The van der Waals surface area contributed by atoms with Crippen molar-refractivity contribution in [3.8, 4) is 0 Å². The fourth-order valence-electron chi connectivity index (χ4n) is 0. The summed E-state index contributed by atoms with van der Waals surface area (Å²) in [4.78, 5) is 0. The quantitative estimate of drug-likeness (QED) is 0.486. The molecule has 0 aliphatic rings. The summed E-state index contributed by atoms with van der Waals surface area (Å²) in [6, 6.07) is 0. The molecule has 0 heterocycles. The molecule has 0 spiro atoms. The lowest BCUT2D eigenvalue weighted by molar-refractivity contribution is 1.67. The molecule has 0 unspecified atom stereocenters. The number of rotatable bonds is 0. The highest BCUT2D eigenvalue weighted by molar-refractivity contribution is 7.45. The van der Waals surface area contributed by atoms with E-state index in [9.17, 15) is 0 Å². The first kappa shape index (κ1) is 22.0. The van der Waals surface area contributed by atoms with Crippen molar-refractivity contribution in [2.75, 3.05) is 0 Å². The average molecular weight is 122 g/mol. The molecule has 0 saturated heterocycles. The van der Waals surface area contributed by atoms with Crippen molar-refractivity contribution < 1.29 is 0 Å². The largest absolute Gasteiger partial charge is 0.286 e. The molecule has 4 heteroatoms. The molecular formula is H5Cl2NS. The van der Waals surface area contributed by atoms with Crippen LogP contribution in [0.2, 0.25) is 0 Å². The lowest BCUT2D eigenvalue weighted by atomic mass is 14.0. The van der Waals surface area contributed by atoms with Gasteiger partial charge in [0.15, 0.2) is 0 Å². The summed E-state index contributed by atoms with van der Waals surface area (Å²) < 4.78 is 5.56. The van der Waals surface area contributed by atoms with Crippen molar-refractivity contribution in [3.63, 3.8) is 0 Å². The van der Waals surface area contributed by atoms with Gasteiger partial charge in [0.25, 0.3) is 0 Å². The van der Waals surface area contributed by atoms with E-state index >= 15 is 0 Å². The van der Waals surface area contributed by atoms with E-state index in [4.69, 9.17) is 4.78 Å². The van der Waals surface area contributed by atoms with Crippen LogP contribution in [0.1, 0.15) is 0 Å². The Bertz CT molecular complexity index is 6.00. The Morgan fingerprint density at radius 2 is 1.00 bits per heavy atom. The second kappa shape index (κ2) is 52.2. The molecular weight excluding hydrogens is 117 g/mol. The topological polar surface area (TPSA) is 23.9 Å². The van der Waals surface area contributed by atoms with E-state index in [1.165, 1.54) is 0 Å². The second-order valence-electron chi connectivity index (χ2n) is 0. The maximum Gasteiger partial charge on any atom is -0.133 e. The van der Waals surface area contributed by atoms with Crippen molar-refractivity contribution >= 4 is 37.2 Å². The number of hydrogen-bond acceptors (Lipinski definition) is 1. The second-order valence-corrected chi connectivity index (χ2v) is 0. The zero-order chi connectivity index (χ0) is 2.00. The highest BCUT2D eigenvalue weighted by Crippen LogP contribution is 0.749. The predicted molar refractivity (Wildman–Crippen MR) is 27.4 cm³/mol. The third-order valence-corrected chi connectivity index (χ3v) is 0. The molecule has 0 fully saturated rings. The fraction of sp³-hybridized carbons (Fsp3) is 0. The van der Waals surface area contributed by atoms with Crippen LogP contribution in [0.3, 0.4) is 0 Å². The van der Waals surface area contributed by atoms with Crippen LogP contribution in [0.15, 0.2) is 0 Å². The summed E-state index contributed by atoms with van der Waals surface area (Å²) in [6.07, 6.45) is 0. The first-order valence-corrected chi connectivity index (χ1v) is 0.750. The standard InChI is InChI=1S/2ClH.H3NS/c;;1-2/h2*1H;1H,2H2. The molecule has 0 aliphatic heterocycles. The molecule has 0 amide bonds. The lowest BCUT2D eigenvalue weighted by Crippen LogP contribution is -0.668. The van der Waals surface area contributed by atoms with E-state index in [-0.39, 0.29) is 24.8 Å². The van der Waals surface area contributed by atoms with Crippen molar-refractivity contribution in [1.82, 2.24) is 0 Å². The summed E-state index contributed by atoms with van der Waals surface area (Å²) in [5, 5.41) is 0. The average Bonchev–Trinajstić information content (AvgIpc) is 1.00. The van der Waals surface area contributed by atoms with Gasteiger partial charge in [0.2, 0.25) is 0 Å². The zero-order valence-electron chi connectivity index (χ0n) is 1.82. The minimum atomic E-state index is 0. The first-order chi connectivity index (χ1) is 1.00. The van der Waals surface area contributed by atoms with Crippen LogP contribution in [0.25, 0.3) is 0 Å². The Morgan fingerprint density at radius 3 is 1.00 bits per heavy atom. The molecule has 0 rings (SSSR count). The summed E-state index contributed by atoms with van der Waals surface area (Å²) in [5.74, 6) is 0. The SMILES string of the molecule is Cl.Cl.N=[SH2]. The van der Waals surface area contributed by atoms with Crippen LogP contribution in [-0.4, -0.2) is 0 Å². The van der Waals surface area contributed by atoms with E-state index in [0.717, 1.165) is 0 Å². The number of hydrogen-bond donors (Lipinski definition) is 1. The van der Waals surface area contributed by atoms with Gasteiger partial charge in [-0.25, -0.2) is 0 Å². The van der Waals surface area contributed by atoms with Gasteiger partial charge in [0, 0.05) is 0 Å². The molecule has 0 aromatic carbocycles. The van der Waals surface area contributed by atoms with Gasteiger partial charge in [0.1, 0.15) is 0 Å². The highest BCUT2D eigenvalue weighted by atomic mass is 35.5. The minimum Gasteiger partial charge on any atom is -0.286 e. The molecule has 0 aliphatic carbocycles. The van der Waals surface area contributed by atoms with Crippen LogP contribution in [-0.2, 0) is 12.4 Å². The van der Waals surface area contributed by atoms with Crippen LogP contribution < -0.4 is 0 Å². The van der Waals surface area contributed by atoms with Gasteiger partial charge in [-0.1, -0.05) is 0 Å². The Labute approximate surface area is 42.6 Å². The molecule has 0 radical (unpaired) electrons. The molecule has 0 bridgehead atoms. The number of nitrogens with one attached hydrogen (secondary N) is 1. The van der Waals surface area contributed by atoms with Crippen molar-refractivity contribution in [1.29, 1.82) is 4.78 Å². The smallest absolute Gasteiger partial charge is 0.133 e. The van der Waals surface area contributed by atoms with E-state index in [1.807, 2.05) is 0 Å². The Balaban J connectivity index is -0.00000000500. The third kappa shape index (κ3) is 15.3. The van der Waals surface area contributed by atoms with Gasteiger partial charge in [-0.3, -0.25) is 4.78 Å². The maximum atomic E-state index is 5.56. The van der Waals surface area contributed by atoms with Crippen LogP contribution >= 0.6 is 24.8 Å². The molecule has 4 heavy (non-hydrogen) atoms. The number of halogens is 2. The van der Waals surface area contributed by atoms with E-state index < -0.39 is 0 Å². The maximum absolute atomic E-state index is 5.56. The normalized spacial score (nSPS) is 1.25. The van der Waals surface area contributed by atoms with Gasteiger partial charge in [0.05, 0.1) is 0 Å². The summed E-state index contributed by atoms with van der Waals surface area (Å²) in [7, 11) is 0. The third-order valence-electron chi connectivity index (χ3n) is 0. The zero-order valence-corrected chi connectivity index (χ0v) is 4.45. The summed E-state index contributed by atoms with van der Waals surface area (Å²) in [6.45, 7) is 0. The predicted octanol–water partition coefficient (Wildman–Crippen LogP) is 0.604. The molecule has 0 saturated carbocycles. The van der Waals surface area contributed by atoms with E-state index in [1.54, 1.807) is 0 Å². The van der Waals surface area contributed by atoms with Gasteiger partial charge < -0.3 is 0 Å². The van der Waals surface area contributed by atoms with Gasteiger partial charge >= 0.3 is 0 Å². The minimum absolute atomic E-state index is 0.